The Bertz CT molecular complexity index is 508. The molecule has 1 aromatic carbocycles. The molecule has 86 valence electrons. The number of hydrogen-bond donors (Lipinski definition) is 2. The zero-order chi connectivity index (χ0) is 11.7. The molecule has 0 saturated heterocycles. The second-order valence-electron chi connectivity index (χ2n) is 4.33. The highest BCUT2D eigenvalue weighted by Crippen LogP contribution is 2.21. The second kappa shape index (κ2) is 4.05. The molecule has 1 aromatic heterocycles. The van der Waals surface area contributed by atoms with Crippen molar-refractivity contribution in [2.24, 2.45) is 0 Å². The predicted octanol–water partition coefficient (Wildman–Crippen LogP) is 1.31. The summed E-state index contributed by atoms with van der Waals surface area (Å²) in [6.45, 7) is 0. The highest BCUT2D eigenvalue weighted by Gasteiger charge is 2.22. The quantitative estimate of drug-likeness (QED) is 0.812. The minimum absolute atomic E-state index is 0.0587. The van der Waals surface area contributed by atoms with Crippen molar-refractivity contribution in [1.82, 2.24) is 15.5 Å². The fourth-order valence-corrected chi connectivity index (χ4v) is 2.30. The Morgan fingerprint density at radius 2 is 2.00 bits per heavy atom. The fourth-order valence-electron chi connectivity index (χ4n) is 2.30. The summed E-state index contributed by atoms with van der Waals surface area (Å²) in [6.07, 6.45) is 4.98. The molecule has 1 amide bonds. The van der Waals surface area contributed by atoms with E-state index in [-0.39, 0.29) is 11.9 Å². The summed E-state index contributed by atoms with van der Waals surface area (Å²) < 4.78 is 0. The topological polar surface area (TPSA) is 57.8 Å². The van der Waals surface area contributed by atoms with Crippen LogP contribution in [0.3, 0.4) is 0 Å². The molecule has 2 N–H and O–H groups in total. The molecule has 0 saturated carbocycles. The van der Waals surface area contributed by atoms with Gasteiger partial charge < -0.3 is 5.32 Å². The number of amides is 1. The third-order valence-electron chi connectivity index (χ3n) is 3.15. The summed E-state index contributed by atoms with van der Waals surface area (Å²) in [6, 6.07) is 8.53. The van der Waals surface area contributed by atoms with Crippen LogP contribution in [0.4, 0.5) is 0 Å². The van der Waals surface area contributed by atoms with Crippen molar-refractivity contribution in [3.8, 4) is 0 Å². The summed E-state index contributed by atoms with van der Waals surface area (Å²) >= 11 is 0. The molecule has 2 aromatic rings. The molecule has 1 aliphatic carbocycles. The maximum Gasteiger partial charge on any atom is 0.254 e. The second-order valence-corrected chi connectivity index (χ2v) is 4.33. The van der Waals surface area contributed by atoms with Crippen molar-refractivity contribution in [3.63, 3.8) is 0 Å². The summed E-state index contributed by atoms with van der Waals surface area (Å²) in [4.78, 5) is 11.8. The molecule has 4 nitrogen and oxygen atoms in total. The Hall–Kier alpha value is -2.10. The molecule has 3 rings (SSSR count). The highest BCUT2D eigenvalue weighted by molar-refractivity contribution is 5.93. The maximum atomic E-state index is 11.8. The Morgan fingerprint density at radius 3 is 2.59 bits per heavy atom. The van der Waals surface area contributed by atoms with Crippen molar-refractivity contribution in [2.45, 2.75) is 18.9 Å². The monoisotopic (exact) mass is 227 g/mol. The van der Waals surface area contributed by atoms with Crippen LogP contribution in [0.15, 0.2) is 36.7 Å². The predicted molar refractivity (Wildman–Crippen MR) is 63.7 cm³/mol. The van der Waals surface area contributed by atoms with E-state index in [9.17, 15) is 4.79 Å². The first-order valence-corrected chi connectivity index (χ1v) is 5.69. The average Bonchev–Trinajstić information content (AvgIpc) is 2.97. The minimum Gasteiger partial charge on any atom is -0.349 e. The van der Waals surface area contributed by atoms with Crippen LogP contribution in [0.5, 0.6) is 0 Å². The van der Waals surface area contributed by atoms with Crippen LogP contribution in [-0.4, -0.2) is 22.1 Å². The van der Waals surface area contributed by atoms with Gasteiger partial charge in [0.2, 0.25) is 0 Å². The van der Waals surface area contributed by atoms with Crippen molar-refractivity contribution >= 4 is 5.91 Å². The molecule has 0 unspecified atom stereocenters. The molecule has 0 atom stereocenters. The summed E-state index contributed by atoms with van der Waals surface area (Å²) in [5.41, 5.74) is 3.26. The van der Waals surface area contributed by atoms with Crippen LogP contribution in [0, 0.1) is 0 Å². The van der Waals surface area contributed by atoms with Gasteiger partial charge in [-0.1, -0.05) is 24.3 Å². The third kappa shape index (κ3) is 1.93. The van der Waals surface area contributed by atoms with Crippen molar-refractivity contribution in [2.75, 3.05) is 0 Å². The Balaban J connectivity index is 1.68. The van der Waals surface area contributed by atoms with Crippen LogP contribution in [0.2, 0.25) is 0 Å². The van der Waals surface area contributed by atoms with Gasteiger partial charge in [-0.3, -0.25) is 9.89 Å². The number of nitrogens with one attached hydrogen (secondary N) is 2. The summed E-state index contributed by atoms with van der Waals surface area (Å²) in [7, 11) is 0. The van der Waals surface area contributed by atoms with Gasteiger partial charge in [-0.05, 0) is 24.0 Å². The average molecular weight is 227 g/mol. The highest BCUT2D eigenvalue weighted by atomic mass is 16.1. The van der Waals surface area contributed by atoms with E-state index in [1.807, 2.05) is 12.1 Å². The molecule has 0 aliphatic heterocycles. The SMILES string of the molecule is O=C(NC1Cc2ccccc2C1)c1cn[nH]c1. The lowest BCUT2D eigenvalue weighted by atomic mass is 10.1. The Kier molecular flexibility index (Phi) is 2.40. The number of aromatic nitrogens is 2. The standard InChI is InChI=1S/C13H13N3O/c17-13(11-7-14-15-8-11)16-12-5-9-3-1-2-4-10(9)6-12/h1-4,7-8,12H,5-6H2,(H,14,15)(H,16,17). The van der Waals surface area contributed by atoms with E-state index < -0.39 is 0 Å². The normalized spacial score (nSPS) is 14.6. The molecular formula is C13H13N3O. The zero-order valence-corrected chi connectivity index (χ0v) is 9.31. The molecule has 1 aliphatic rings. The zero-order valence-electron chi connectivity index (χ0n) is 9.31. The van der Waals surface area contributed by atoms with Gasteiger partial charge in [-0.15, -0.1) is 0 Å². The number of H-pyrrole nitrogens is 1. The van der Waals surface area contributed by atoms with Crippen molar-refractivity contribution in [3.05, 3.63) is 53.3 Å². The Labute approximate surface area is 99.1 Å². The van der Waals surface area contributed by atoms with E-state index >= 15 is 0 Å². The molecule has 4 heteroatoms. The molecule has 0 bridgehead atoms. The number of hydrogen-bond acceptors (Lipinski definition) is 2. The number of aromatic amines is 1. The van der Waals surface area contributed by atoms with Gasteiger partial charge in [0.1, 0.15) is 0 Å². The van der Waals surface area contributed by atoms with Crippen molar-refractivity contribution < 1.29 is 4.79 Å². The number of nitrogens with zero attached hydrogens (tertiary/aromatic N) is 1. The van der Waals surface area contributed by atoms with Gasteiger partial charge in [0, 0.05) is 12.2 Å². The lowest BCUT2D eigenvalue weighted by molar-refractivity contribution is 0.0938. The smallest absolute Gasteiger partial charge is 0.254 e. The first-order valence-electron chi connectivity index (χ1n) is 5.69. The molecular weight excluding hydrogens is 214 g/mol. The number of carbonyl (C=O) groups excluding carboxylic acids is 1. The first kappa shape index (κ1) is 10.1. The van der Waals surface area contributed by atoms with Crippen LogP contribution < -0.4 is 5.32 Å². The van der Waals surface area contributed by atoms with E-state index in [2.05, 4.69) is 27.6 Å². The van der Waals surface area contributed by atoms with E-state index in [4.69, 9.17) is 0 Å². The van der Waals surface area contributed by atoms with Crippen LogP contribution >= 0.6 is 0 Å². The number of fused-ring (bicyclic) bond motifs is 1. The van der Waals surface area contributed by atoms with E-state index in [1.54, 1.807) is 6.20 Å². The lowest BCUT2D eigenvalue weighted by Crippen LogP contribution is -2.35. The van der Waals surface area contributed by atoms with E-state index in [0.717, 1.165) is 12.8 Å². The number of carbonyl (C=O) groups is 1. The van der Waals surface area contributed by atoms with E-state index in [0.29, 0.717) is 5.56 Å². The van der Waals surface area contributed by atoms with Crippen molar-refractivity contribution in [1.29, 1.82) is 0 Å². The lowest BCUT2D eigenvalue weighted by Gasteiger charge is -2.10. The van der Waals surface area contributed by atoms with Crippen LogP contribution in [0.1, 0.15) is 21.5 Å². The third-order valence-corrected chi connectivity index (χ3v) is 3.15. The molecule has 0 radical (unpaired) electrons. The Morgan fingerprint density at radius 1 is 1.29 bits per heavy atom. The van der Waals surface area contributed by atoms with Gasteiger partial charge >= 0.3 is 0 Å². The number of rotatable bonds is 2. The molecule has 1 heterocycles. The molecule has 0 spiro atoms. The minimum atomic E-state index is -0.0587. The van der Waals surface area contributed by atoms with Gasteiger partial charge in [-0.2, -0.15) is 5.10 Å². The van der Waals surface area contributed by atoms with E-state index in [1.165, 1.54) is 17.3 Å². The van der Waals surface area contributed by atoms with Gasteiger partial charge in [0.05, 0.1) is 11.8 Å². The maximum absolute atomic E-state index is 11.8. The molecule has 0 fully saturated rings. The number of benzene rings is 1. The van der Waals surface area contributed by atoms with Crippen LogP contribution in [0.25, 0.3) is 0 Å². The first-order chi connectivity index (χ1) is 8.33. The van der Waals surface area contributed by atoms with Crippen LogP contribution in [-0.2, 0) is 12.8 Å². The summed E-state index contributed by atoms with van der Waals surface area (Å²) in [5, 5.41) is 9.44. The molecule has 17 heavy (non-hydrogen) atoms. The largest absolute Gasteiger partial charge is 0.349 e. The fraction of sp³-hybridized carbons (Fsp3) is 0.231. The van der Waals surface area contributed by atoms with Gasteiger partial charge in [0.25, 0.3) is 5.91 Å². The summed E-state index contributed by atoms with van der Waals surface area (Å²) in [5.74, 6) is -0.0587. The van der Waals surface area contributed by atoms with Gasteiger partial charge in [0.15, 0.2) is 0 Å². The van der Waals surface area contributed by atoms with Gasteiger partial charge in [-0.25, -0.2) is 0 Å².